The van der Waals surface area contributed by atoms with Crippen molar-refractivity contribution in [3.8, 4) is 0 Å². The molecule has 2 aromatic heterocycles. The summed E-state index contributed by atoms with van der Waals surface area (Å²) in [7, 11) is 0. The maximum absolute atomic E-state index is 3.96. The molecule has 2 N–H and O–H groups in total. The third-order valence-electron chi connectivity index (χ3n) is 2.11. The average molecular weight is 157 g/mol. The Hall–Kier alpha value is -1.77. The quantitative estimate of drug-likeness (QED) is 0.515. The number of nitrogens with zero attached hydrogens (tertiary/aromatic N) is 1. The lowest BCUT2D eigenvalue weighted by atomic mass is 10.2. The van der Waals surface area contributed by atoms with Crippen molar-refractivity contribution in [1.82, 2.24) is 15.2 Å². The molecule has 0 aliphatic carbocycles. The lowest BCUT2D eigenvalue weighted by Crippen LogP contribution is -1.68. The minimum absolute atomic E-state index is 1.07. The third kappa shape index (κ3) is 0.580. The molecule has 0 radical (unpaired) electrons. The molecule has 3 aromatic rings. The molecule has 0 saturated heterocycles. The highest BCUT2D eigenvalue weighted by atomic mass is 15.1. The zero-order chi connectivity index (χ0) is 7.97. The van der Waals surface area contributed by atoms with E-state index in [1.807, 2.05) is 12.1 Å². The van der Waals surface area contributed by atoms with Crippen molar-refractivity contribution < 1.29 is 0 Å². The van der Waals surface area contributed by atoms with E-state index in [9.17, 15) is 0 Å². The molecule has 0 atom stereocenters. The molecule has 0 spiro atoms. The fourth-order valence-electron chi connectivity index (χ4n) is 1.54. The van der Waals surface area contributed by atoms with Gasteiger partial charge in [0.25, 0.3) is 0 Å². The Morgan fingerprint density at radius 3 is 3.00 bits per heavy atom. The normalized spacial score (nSPS) is 11.3. The number of rotatable bonds is 0. The number of benzene rings is 1. The lowest BCUT2D eigenvalue weighted by molar-refractivity contribution is 1.12. The van der Waals surface area contributed by atoms with Crippen LogP contribution in [0.4, 0.5) is 0 Å². The SMILES string of the molecule is c1ccc2c(c1)[nH]c1cn[nH]c12. The lowest BCUT2D eigenvalue weighted by Gasteiger charge is -1.85. The first-order valence-corrected chi connectivity index (χ1v) is 3.85. The van der Waals surface area contributed by atoms with Crippen molar-refractivity contribution in [3.63, 3.8) is 0 Å². The van der Waals surface area contributed by atoms with Crippen LogP contribution in [0.1, 0.15) is 0 Å². The number of H-pyrrole nitrogens is 2. The Labute approximate surface area is 68.4 Å². The van der Waals surface area contributed by atoms with Crippen LogP contribution in [-0.2, 0) is 0 Å². The summed E-state index contributed by atoms with van der Waals surface area (Å²) in [6, 6.07) is 8.18. The number of aromatic nitrogens is 3. The van der Waals surface area contributed by atoms with E-state index < -0.39 is 0 Å². The molecule has 58 valence electrons. The van der Waals surface area contributed by atoms with Crippen LogP contribution >= 0.6 is 0 Å². The highest BCUT2D eigenvalue weighted by Gasteiger charge is 2.02. The van der Waals surface area contributed by atoms with Crippen molar-refractivity contribution in [2.75, 3.05) is 0 Å². The predicted molar refractivity (Wildman–Crippen MR) is 48.0 cm³/mol. The summed E-state index contributed by atoms with van der Waals surface area (Å²) in [4.78, 5) is 3.26. The Morgan fingerprint density at radius 2 is 2.00 bits per heavy atom. The second-order valence-corrected chi connectivity index (χ2v) is 2.83. The number of hydrogen-bond acceptors (Lipinski definition) is 1. The summed E-state index contributed by atoms with van der Waals surface area (Å²) in [6.07, 6.45) is 1.80. The van der Waals surface area contributed by atoms with Crippen LogP contribution in [0.5, 0.6) is 0 Å². The molecular weight excluding hydrogens is 150 g/mol. The monoisotopic (exact) mass is 157 g/mol. The van der Waals surface area contributed by atoms with Crippen LogP contribution < -0.4 is 0 Å². The van der Waals surface area contributed by atoms with E-state index in [4.69, 9.17) is 0 Å². The van der Waals surface area contributed by atoms with Gasteiger partial charge in [-0.15, -0.1) is 0 Å². The van der Waals surface area contributed by atoms with Gasteiger partial charge in [-0.05, 0) is 6.07 Å². The minimum atomic E-state index is 1.07. The van der Waals surface area contributed by atoms with Crippen molar-refractivity contribution in [2.45, 2.75) is 0 Å². The van der Waals surface area contributed by atoms with Crippen molar-refractivity contribution >= 4 is 21.9 Å². The van der Waals surface area contributed by atoms with Gasteiger partial charge in [-0.1, -0.05) is 18.2 Å². The second-order valence-electron chi connectivity index (χ2n) is 2.83. The van der Waals surface area contributed by atoms with E-state index in [0.717, 1.165) is 16.6 Å². The third-order valence-corrected chi connectivity index (χ3v) is 2.11. The van der Waals surface area contributed by atoms with Gasteiger partial charge >= 0.3 is 0 Å². The summed E-state index contributed by atoms with van der Waals surface area (Å²) in [5.41, 5.74) is 3.31. The summed E-state index contributed by atoms with van der Waals surface area (Å²) in [5.74, 6) is 0. The number of fused-ring (bicyclic) bond motifs is 3. The molecule has 0 bridgehead atoms. The summed E-state index contributed by atoms with van der Waals surface area (Å²) >= 11 is 0. The molecule has 3 nitrogen and oxygen atoms in total. The van der Waals surface area contributed by atoms with E-state index in [0.29, 0.717) is 0 Å². The minimum Gasteiger partial charge on any atom is -0.352 e. The molecule has 0 aliphatic rings. The molecule has 0 unspecified atom stereocenters. The zero-order valence-electron chi connectivity index (χ0n) is 6.33. The van der Waals surface area contributed by atoms with E-state index in [1.54, 1.807) is 6.20 Å². The molecule has 12 heavy (non-hydrogen) atoms. The largest absolute Gasteiger partial charge is 0.352 e. The number of aromatic amines is 2. The van der Waals surface area contributed by atoms with Crippen LogP contribution in [0.3, 0.4) is 0 Å². The van der Waals surface area contributed by atoms with E-state index in [2.05, 4.69) is 27.3 Å². The van der Waals surface area contributed by atoms with Gasteiger partial charge in [0.2, 0.25) is 0 Å². The average Bonchev–Trinajstić information content (AvgIpc) is 2.62. The summed E-state index contributed by atoms with van der Waals surface area (Å²) in [5, 5.41) is 8.12. The Morgan fingerprint density at radius 1 is 1.08 bits per heavy atom. The maximum Gasteiger partial charge on any atom is 0.0906 e. The van der Waals surface area contributed by atoms with E-state index in [-0.39, 0.29) is 0 Å². The fourth-order valence-corrected chi connectivity index (χ4v) is 1.54. The molecule has 2 heterocycles. The Bertz CT molecular complexity index is 532. The van der Waals surface area contributed by atoms with Gasteiger partial charge in [0.05, 0.1) is 17.2 Å². The zero-order valence-corrected chi connectivity index (χ0v) is 6.33. The molecule has 1 aromatic carbocycles. The number of nitrogens with one attached hydrogen (secondary N) is 2. The van der Waals surface area contributed by atoms with Gasteiger partial charge in [-0.2, -0.15) is 5.10 Å². The smallest absolute Gasteiger partial charge is 0.0906 e. The van der Waals surface area contributed by atoms with Crippen LogP contribution in [0.25, 0.3) is 21.9 Å². The van der Waals surface area contributed by atoms with Crippen molar-refractivity contribution in [2.24, 2.45) is 0 Å². The topological polar surface area (TPSA) is 44.5 Å². The first-order chi connectivity index (χ1) is 5.95. The van der Waals surface area contributed by atoms with Crippen LogP contribution in [-0.4, -0.2) is 15.2 Å². The molecule has 0 fully saturated rings. The molecule has 0 aliphatic heterocycles. The fraction of sp³-hybridized carbons (Fsp3) is 0. The molecule has 0 saturated carbocycles. The maximum atomic E-state index is 3.96. The highest BCUT2D eigenvalue weighted by Crippen LogP contribution is 2.21. The van der Waals surface area contributed by atoms with Gasteiger partial charge in [-0.3, -0.25) is 5.10 Å². The van der Waals surface area contributed by atoms with Crippen LogP contribution in [0.2, 0.25) is 0 Å². The second kappa shape index (κ2) is 1.88. The molecule has 0 amide bonds. The first kappa shape index (κ1) is 5.83. The number of hydrogen-bond donors (Lipinski definition) is 2. The Kier molecular flexibility index (Phi) is 0.913. The summed E-state index contributed by atoms with van der Waals surface area (Å²) < 4.78 is 0. The van der Waals surface area contributed by atoms with Gasteiger partial charge in [0, 0.05) is 10.9 Å². The van der Waals surface area contributed by atoms with E-state index >= 15 is 0 Å². The first-order valence-electron chi connectivity index (χ1n) is 3.85. The molecule has 3 heteroatoms. The van der Waals surface area contributed by atoms with Gasteiger partial charge in [0.1, 0.15) is 0 Å². The molecule has 3 rings (SSSR count). The van der Waals surface area contributed by atoms with Crippen LogP contribution in [0, 0.1) is 0 Å². The van der Waals surface area contributed by atoms with Crippen molar-refractivity contribution in [1.29, 1.82) is 0 Å². The number of para-hydroxylation sites is 1. The van der Waals surface area contributed by atoms with Gasteiger partial charge in [0.15, 0.2) is 0 Å². The van der Waals surface area contributed by atoms with Crippen LogP contribution in [0.15, 0.2) is 30.5 Å². The van der Waals surface area contributed by atoms with Gasteiger partial charge < -0.3 is 4.98 Å². The Balaban J connectivity index is 2.68. The van der Waals surface area contributed by atoms with Crippen molar-refractivity contribution in [3.05, 3.63) is 30.5 Å². The molecular formula is C9H7N3. The standard InChI is InChI=1S/C9H7N3/c1-2-4-7-6(3-1)9-8(11-7)5-10-12-9/h1-5,11H,(H,10,12). The van der Waals surface area contributed by atoms with E-state index in [1.165, 1.54) is 5.39 Å². The van der Waals surface area contributed by atoms with Gasteiger partial charge in [-0.25, -0.2) is 0 Å². The highest BCUT2D eigenvalue weighted by molar-refractivity contribution is 6.04. The predicted octanol–water partition coefficient (Wildman–Crippen LogP) is 2.04. The summed E-state index contributed by atoms with van der Waals surface area (Å²) in [6.45, 7) is 0.